The lowest BCUT2D eigenvalue weighted by molar-refractivity contribution is 0.124. The molecule has 96 valence electrons. The summed E-state index contributed by atoms with van der Waals surface area (Å²) in [6.07, 6.45) is 1.09. The van der Waals surface area contributed by atoms with Crippen molar-refractivity contribution >= 4 is 0 Å². The molecule has 0 fully saturated rings. The van der Waals surface area contributed by atoms with E-state index in [0.29, 0.717) is 0 Å². The molecule has 0 heterocycles. The average molecular weight is 237 g/mol. The van der Waals surface area contributed by atoms with Crippen LogP contribution in [0.25, 0.3) is 0 Å². The van der Waals surface area contributed by atoms with Crippen LogP contribution in [0.4, 0.5) is 0 Å². The predicted molar refractivity (Wildman–Crippen MR) is 69.9 cm³/mol. The van der Waals surface area contributed by atoms with Crippen LogP contribution in [0.15, 0.2) is 24.3 Å². The Labute approximate surface area is 103 Å². The van der Waals surface area contributed by atoms with Crippen molar-refractivity contribution in [1.29, 1.82) is 0 Å². The van der Waals surface area contributed by atoms with Crippen molar-refractivity contribution in [2.45, 2.75) is 38.8 Å². The molecule has 0 amide bonds. The van der Waals surface area contributed by atoms with E-state index in [9.17, 15) is 5.11 Å². The Morgan fingerprint density at radius 1 is 1.24 bits per heavy atom. The molecule has 0 saturated carbocycles. The summed E-state index contributed by atoms with van der Waals surface area (Å²) in [6.45, 7) is 5.00. The normalized spacial score (nSPS) is 14.6. The molecule has 0 spiro atoms. The molecule has 0 aromatic heterocycles. The Hall–Kier alpha value is -0.900. The van der Waals surface area contributed by atoms with Crippen molar-refractivity contribution < 1.29 is 10.2 Å². The first-order valence-corrected chi connectivity index (χ1v) is 6.28. The van der Waals surface area contributed by atoms with Crippen molar-refractivity contribution in [2.24, 2.45) is 0 Å². The summed E-state index contributed by atoms with van der Waals surface area (Å²) in [4.78, 5) is 0. The fraction of sp³-hybridized carbons (Fsp3) is 0.571. The summed E-state index contributed by atoms with van der Waals surface area (Å²) < 4.78 is 0. The number of hydrogen-bond acceptors (Lipinski definition) is 3. The fourth-order valence-electron chi connectivity index (χ4n) is 1.84. The molecule has 0 bridgehead atoms. The van der Waals surface area contributed by atoms with Crippen LogP contribution in [0, 0.1) is 6.92 Å². The van der Waals surface area contributed by atoms with E-state index in [1.54, 1.807) is 0 Å². The largest absolute Gasteiger partial charge is 0.396 e. The number of aryl methyl sites for hydroxylation is 1. The van der Waals surface area contributed by atoms with Crippen molar-refractivity contribution in [3.63, 3.8) is 0 Å². The van der Waals surface area contributed by atoms with Crippen molar-refractivity contribution in [3.05, 3.63) is 35.4 Å². The zero-order valence-corrected chi connectivity index (χ0v) is 10.7. The number of rotatable bonds is 7. The van der Waals surface area contributed by atoms with Crippen molar-refractivity contribution in [1.82, 2.24) is 5.32 Å². The third-order valence-electron chi connectivity index (χ3n) is 2.98. The molecule has 3 heteroatoms. The van der Waals surface area contributed by atoms with Gasteiger partial charge < -0.3 is 15.5 Å². The molecule has 2 unspecified atom stereocenters. The van der Waals surface area contributed by atoms with E-state index >= 15 is 0 Å². The summed E-state index contributed by atoms with van der Waals surface area (Å²) in [5, 5.41) is 22.3. The lowest BCUT2D eigenvalue weighted by atomic mass is 9.99. The number of aliphatic hydroxyl groups is 2. The first kappa shape index (κ1) is 14.2. The van der Waals surface area contributed by atoms with Crippen LogP contribution < -0.4 is 5.32 Å². The lowest BCUT2D eigenvalue weighted by Crippen LogP contribution is -2.35. The summed E-state index contributed by atoms with van der Waals surface area (Å²) >= 11 is 0. The minimum absolute atomic E-state index is 0.0456. The highest BCUT2D eigenvalue weighted by Gasteiger charge is 2.18. The van der Waals surface area contributed by atoms with Gasteiger partial charge in [0.2, 0.25) is 0 Å². The first-order chi connectivity index (χ1) is 8.19. The van der Waals surface area contributed by atoms with E-state index in [1.807, 2.05) is 38.1 Å². The zero-order valence-electron chi connectivity index (χ0n) is 10.7. The number of aliphatic hydroxyl groups excluding tert-OH is 2. The highest BCUT2D eigenvalue weighted by molar-refractivity contribution is 5.24. The van der Waals surface area contributed by atoms with Crippen molar-refractivity contribution in [2.75, 3.05) is 13.2 Å². The highest BCUT2D eigenvalue weighted by atomic mass is 16.3. The number of nitrogens with one attached hydrogen (secondary N) is 1. The Balaban J connectivity index is 2.58. The molecular weight excluding hydrogens is 214 g/mol. The highest BCUT2D eigenvalue weighted by Crippen LogP contribution is 2.19. The molecular formula is C14H23NO2. The molecule has 0 saturated heterocycles. The van der Waals surface area contributed by atoms with E-state index in [4.69, 9.17) is 5.11 Å². The van der Waals surface area contributed by atoms with Crippen LogP contribution >= 0.6 is 0 Å². The van der Waals surface area contributed by atoms with Gasteiger partial charge >= 0.3 is 0 Å². The smallest absolute Gasteiger partial charge is 0.0942 e. The van der Waals surface area contributed by atoms with E-state index < -0.39 is 6.10 Å². The maximum absolute atomic E-state index is 10.2. The zero-order chi connectivity index (χ0) is 12.7. The van der Waals surface area contributed by atoms with Gasteiger partial charge in [0.15, 0.2) is 0 Å². The minimum atomic E-state index is -0.487. The lowest BCUT2D eigenvalue weighted by Gasteiger charge is -2.23. The second kappa shape index (κ2) is 7.43. The first-order valence-electron chi connectivity index (χ1n) is 6.28. The number of hydrogen-bond donors (Lipinski definition) is 3. The van der Waals surface area contributed by atoms with Crippen LogP contribution in [0.2, 0.25) is 0 Å². The molecule has 0 aliphatic heterocycles. The van der Waals surface area contributed by atoms with Crippen molar-refractivity contribution in [3.8, 4) is 0 Å². The van der Waals surface area contributed by atoms with E-state index in [1.165, 1.54) is 5.56 Å². The number of benzene rings is 1. The Bertz CT molecular complexity index is 311. The molecule has 3 N–H and O–H groups in total. The summed E-state index contributed by atoms with van der Waals surface area (Å²) in [5.41, 5.74) is 2.14. The van der Waals surface area contributed by atoms with Gasteiger partial charge in [0.05, 0.1) is 6.10 Å². The summed E-state index contributed by atoms with van der Waals surface area (Å²) in [6, 6.07) is 8.01. The second-order valence-corrected chi connectivity index (χ2v) is 4.40. The van der Waals surface area contributed by atoms with Gasteiger partial charge in [0.25, 0.3) is 0 Å². The van der Waals surface area contributed by atoms with Gasteiger partial charge in [0.1, 0.15) is 0 Å². The van der Waals surface area contributed by atoms with Gasteiger partial charge in [-0.25, -0.2) is 0 Å². The van der Waals surface area contributed by atoms with E-state index in [0.717, 1.165) is 24.9 Å². The standard InChI is InChI=1S/C14H23NO2/c1-3-13(15-9-4-10-16)14(17)12-7-5-11(2)6-8-12/h5-8,13-17H,3-4,9-10H2,1-2H3. The van der Waals surface area contributed by atoms with Gasteiger partial charge in [-0.1, -0.05) is 36.8 Å². The maximum Gasteiger partial charge on any atom is 0.0942 e. The molecule has 0 aliphatic carbocycles. The maximum atomic E-state index is 10.2. The third-order valence-corrected chi connectivity index (χ3v) is 2.98. The van der Waals surface area contributed by atoms with Gasteiger partial charge in [0, 0.05) is 12.6 Å². The Morgan fingerprint density at radius 2 is 1.88 bits per heavy atom. The molecule has 2 atom stereocenters. The van der Waals surface area contributed by atoms with Crippen LogP contribution in [0.1, 0.15) is 37.0 Å². The van der Waals surface area contributed by atoms with Gasteiger partial charge in [-0.15, -0.1) is 0 Å². The van der Waals surface area contributed by atoms with Crippen LogP contribution in [-0.4, -0.2) is 29.4 Å². The molecule has 3 nitrogen and oxygen atoms in total. The minimum Gasteiger partial charge on any atom is -0.396 e. The monoisotopic (exact) mass is 237 g/mol. The molecule has 1 aromatic rings. The summed E-state index contributed by atoms with van der Waals surface area (Å²) in [5.74, 6) is 0. The topological polar surface area (TPSA) is 52.5 Å². The Kier molecular flexibility index (Phi) is 6.19. The predicted octanol–water partition coefficient (Wildman–Crippen LogP) is 1.78. The molecule has 0 radical (unpaired) electrons. The molecule has 1 aromatic carbocycles. The fourth-order valence-corrected chi connectivity index (χ4v) is 1.84. The van der Waals surface area contributed by atoms with Gasteiger partial charge in [-0.3, -0.25) is 0 Å². The molecule has 1 rings (SSSR count). The molecule has 0 aliphatic rings. The van der Waals surface area contributed by atoms with Crippen LogP contribution in [0.3, 0.4) is 0 Å². The third kappa shape index (κ3) is 4.46. The van der Waals surface area contributed by atoms with Crippen LogP contribution in [0.5, 0.6) is 0 Å². The molecule has 17 heavy (non-hydrogen) atoms. The Morgan fingerprint density at radius 3 is 2.41 bits per heavy atom. The quantitative estimate of drug-likeness (QED) is 0.634. The second-order valence-electron chi connectivity index (χ2n) is 4.40. The average Bonchev–Trinajstić information content (AvgIpc) is 2.35. The summed E-state index contributed by atoms with van der Waals surface area (Å²) in [7, 11) is 0. The van der Waals surface area contributed by atoms with E-state index in [-0.39, 0.29) is 12.6 Å². The van der Waals surface area contributed by atoms with E-state index in [2.05, 4.69) is 5.32 Å². The van der Waals surface area contributed by atoms with Gasteiger partial charge in [-0.2, -0.15) is 0 Å². The van der Waals surface area contributed by atoms with Gasteiger partial charge in [-0.05, 0) is 31.9 Å². The SMILES string of the molecule is CCC(NCCCO)C(O)c1ccc(C)cc1. The van der Waals surface area contributed by atoms with Crippen LogP contribution in [-0.2, 0) is 0 Å².